The van der Waals surface area contributed by atoms with Gasteiger partial charge in [0, 0.05) is 24.9 Å². The van der Waals surface area contributed by atoms with Gasteiger partial charge in [0.15, 0.2) is 0 Å². The molecule has 7 heteroatoms. The third kappa shape index (κ3) is 3.71. The van der Waals surface area contributed by atoms with Crippen LogP contribution in [0.2, 0.25) is 0 Å². The van der Waals surface area contributed by atoms with Gasteiger partial charge in [-0.3, -0.25) is 4.55 Å². The molecule has 2 aliphatic heterocycles. The average molecular weight is 385 g/mol. The van der Waals surface area contributed by atoms with Crippen LogP contribution in [0.4, 0.5) is 0 Å². The fraction of sp³-hybridized carbons (Fsp3) is 0.300. The highest BCUT2D eigenvalue weighted by molar-refractivity contribution is 7.85. The van der Waals surface area contributed by atoms with Gasteiger partial charge in [0.25, 0.3) is 10.1 Å². The van der Waals surface area contributed by atoms with E-state index in [2.05, 4.69) is 28.1 Å². The van der Waals surface area contributed by atoms with E-state index in [0.29, 0.717) is 5.92 Å². The first-order valence-corrected chi connectivity index (χ1v) is 10.4. The van der Waals surface area contributed by atoms with Gasteiger partial charge < -0.3 is 16.0 Å². The van der Waals surface area contributed by atoms with Gasteiger partial charge in [-0.25, -0.2) is 0 Å². The average Bonchev–Trinajstić information content (AvgIpc) is 2.90. The summed E-state index contributed by atoms with van der Waals surface area (Å²) in [4.78, 5) is -0.0666. The maximum atomic E-state index is 10.5. The van der Waals surface area contributed by atoms with Crippen LogP contribution < -0.4 is 16.0 Å². The first-order chi connectivity index (χ1) is 12.9. The summed E-state index contributed by atoms with van der Waals surface area (Å²) in [5.41, 5.74) is 6.58. The van der Waals surface area contributed by atoms with E-state index < -0.39 is 10.1 Å². The van der Waals surface area contributed by atoms with Crippen molar-refractivity contribution in [2.75, 3.05) is 13.1 Å². The molecule has 0 spiro atoms. The minimum atomic E-state index is -4.02. The number of allylic oxidation sites excluding steroid dienone is 3. The predicted octanol–water partition coefficient (Wildman–Crippen LogP) is 2.21. The third-order valence-electron chi connectivity index (χ3n) is 5.34. The molecule has 0 saturated carbocycles. The highest BCUT2D eigenvalue weighted by Gasteiger charge is 2.37. The van der Waals surface area contributed by atoms with Crippen LogP contribution in [0.5, 0.6) is 0 Å². The lowest BCUT2D eigenvalue weighted by Gasteiger charge is -2.27. The summed E-state index contributed by atoms with van der Waals surface area (Å²) in [5.74, 6) is 1.40. The molecule has 1 aromatic carbocycles. The molecule has 0 amide bonds. The summed E-state index contributed by atoms with van der Waals surface area (Å²) < 4.78 is 29.6. The van der Waals surface area contributed by atoms with E-state index in [4.69, 9.17) is 4.55 Å². The van der Waals surface area contributed by atoms with Crippen molar-refractivity contribution in [2.24, 2.45) is 11.8 Å². The highest BCUT2D eigenvalue weighted by atomic mass is 32.2. The molecule has 2 heterocycles. The van der Waals surface area contributed by atoms with Gasteiger partial charge in [-0.05, 0) is 49.6 Å². The second-order valence-corrected chi connectivity index (χ2v) is 8.65. The first-order valence-electron chi connectivity index (χ1n) is 9.00. The minimum Gasteiger partial charge on any atom is -0.359 e. The molecular formula is C20H23N3O3S. The Hall–Kier alpha value is -2.35. The molecular weight excluding hydrogens is 362 g/mol. The molecule has 1 aromatic rings. The molecule has 142 valence electrons. The first kappa shape index (κ1) is 18.0. The Morgan fingerprint density at radius 2 is 1.78 bits per heavy atom. The Balaban J connectivity index is 0.000000145. The second-order valence-electron chi connectivity index (χ2n) is 7.23. The normalized spacial score (nSPS) is 25.1. The van der Waals surface area contributed by atoms with Crippen molar-refractivity contribution in [3.05, 3.63) is 76.9 Å². The van der Waals surface area contributed by atoms with Gasteiger partial charge in [0.1, 0.15) is 0 Å². The van der Waals surface area contributed by atoms with Crippen LogP contribution in [0, 0.1) is 18.8 Å². The van der Waals surface area contributed by atoms with Gasteiger partial charge in [0.2, 0.25) is 0 Å². The van der Waals surface area contributed by atoms with Crippen LogP contribution in [0.25, 0.3) is 0 Å². The Morgan fingerprint density at radius 3 is 2.48 bits per heavy atom. The van der Waals surface area contributed by atoms with Crippen molar-refractivity contribution in [2.45, 2.75) is 18.2 Å². The highest BCUT2D eigenvalue weighted by Crippen LogP contribution is 2.43. The lowest BCUT2D eigenvalue weighted by Crippen LogP contribution is -2.31. The van der Waals surface area contributed by atoms with Crippen molar-refractivity contribution in [1.82, 2.24) is 16.0 Å². The third-order valence-corrected chi connectivity index (χ3v) is 6.21. The van der Waals surface area contributed by atoms with E-state index in [-0.39, 0.29) is 4.90 Å². The van der Waals surface area contributed by atoms with Crippen LogP contribution in [-0.4, -0.2) is 26.1 Å². The zero-order chi connectivity index (χ0) is 19.0. The Bertz CT molecular complexity index is 972. The van der Waals surface area contributed by atoms with E-state index in [0.717, 1.165) is 24.6 Å². The molecule has 5 rings (SSSR count). The fourth-order valence-electron chi connectivity index (χ4n) is 3.98. The smallest absolute Gasteiger partial charge is 0.294 e. The number of hydrogen-bond donors (Lipinski definition) is 4. The molecule has 2 unspecified atom stereocenters. The van der Waals surface area contributed by atoms with Crippen LogP contribution in [0.3, 0.4) is 0 Å². The lowest BCUT2D eigenvalue weighted by molar-refractivity contribution is 0.417. The SMILES string of the molecule is C1=CNC2=CC3C(=C4CNCC3C4)C=C2N1.Cc1ccc(S(=O)(=O)O)cc1. The van der Waals surface area contributed by atoms with Gasteiger partial charge >= 0.3 is 0 Å². The van der Waals surface area contributed by atoms with Crippen molar-refractivity contribution < 1.29 is 13.0 Å². The predicted molar refractivity (Wildman–Crippen MR) is 104 cm³/mol. The fourth-order valence-corrected chi connectivity index (χ4v) is 4.46. The minimum absolute atomic E-state index is 0.0666. The number of piperidine rings is 1. The quantitative estimate of drug-likeness (QED) is 0.554. The Kier molecular flexibility index (Phi) is 4.67. The van der Waals surface area contributed by atoms with Crippen LogP contribution >= 0.6 is 0 Å². The number of benzene rings is 1. The maximum absolute atomic E-state index is 10.5. The lowest BCUT2D eigenvalue weighted by atomic mass is 9.86. The van der Waals surface area contributed by atoms with Crippen LogP contribution in [-0.2, 0) is 10.1 Å². The molecule has 2 atom stereocenters. The van der Waals surface area contributed by atoms with E-state index in [9.17, 15) is 8.42 Å². The van der Waals surface area contributed by atoms with E-state index >= 15 is 0 Å². The molecule has 27 heavy (non-hydrogen) atoms. The largest absolute Gasteiger partial charge is 0.359 e. The monoisotopic (exact) mass is 385 g/mol. The van der Waals surface area contributed by atoms with Crippen LogP contribution in [0.15, 0.2) is 76.3 Å². The number of hydrogen-bond acceptors (Lipinski definition) is 5. The standard InChI is InChI=1S/C13H15N3.C7H8O3S/c1-2-16-13-5-11-9-3-8(6-14-7-9)10(11)4-12(13)15-1;1-6-2-4-7(5-3-6)11(8,9)10/h1-2,4-5,8,10,14-16H,3,6-7H2;2-5H,1H3,(H,8,9,10). The molecule has 4 N–H and O–H groups in total. The van der Waals surface area contributed by atoms with Crippen molar-refractivity contribution >= 4 is 10.1 Å². The number of aryl methyl sites for hydroxylation is 1. The summed E-state index contributed by atoms with van der Waals surface area (Å²) >= 11 is 0. The zero-order valence-corrected chi connectivity index (χ0v) is 15.9. The van der Waals surface area contributed by atoms with Crippen molar-refractivity contribution in [3.63, 3.8) is 0 Å². The topological polar surface area (TPSA) is 90.5 Å². The Labute approximate surface area is 159 Å². The molecule has 6 nitrogen and oxygen atoms in total. The van der Waals surface area contributed by atoms with Gasteiger partial charge in [-0.15, -0.1) is 0 Å². The van der Waals surface area contributed by atoms with Gasteiger partial charge in [-0.2, -0.15) is 8.42 Å². The second kappa shape index (κ2) is 6.99. The molecule has 4 aliphatic rings. The summed E-state index contributed by atoms with van der Waals surface area (Å²) in [6, 6.07) is 5.99. The van der Waals surface area contributed by atoms with E-state index in [1.807, 2.05) is 19.3 Å². The van der Waals surface area contributed by atoms with E-state index in [1.54, 1.807) is 23.3 Å². The molecule has 0 radical (unpaired) electrons. The zero-order valence-electron chi connectivity index (χ0n) is 15.1. The molecule has 1 saturated heterocycles. The maximum Gasteiger partial charge on any atom is 0.294 e. The van der Waals surface area contributed by atoms with Crippen molar-refractivity contribution in [1.29, 1.82) is 0 Å². The van der Waals surface area contributed by atoms with Gasteiger partial charge in [-0.1, -0.05) is 29.3 Å². The molecule has 1 fully saturated rings. The summed E-state index contributed by atoms with van der Waals surface area (Å²) in [6.45, 7) is 4.08. The van der Waals surface area contributed by atoms with E-state index in [1.165, 1.54) is 29.9 Å². The number of nitrogens with one attached hydrogen (secondary N) is 3. The molecule has 2 aliphatic carbocycles. The van der Waals surface area contributed by atoms with Crippen molar-refractivity contribution in [3.8, 4) is 0 Å². The molecule has 2 bridgehead atoms. The number of fused-ring (bicyclic) bond motifs is 5. The van der Waals surface area contributed by atoms with Gasteiger partial charge in [0.05, 0.1) is 16.3 Å². The summed E-state index contributed by atoms with van der Waals surface area (Å²) in [7, 11) is -4.02. The molecule has 0 aromatic heterocycles. The summed E-state index contributed by atoms with van der Waals surface area (Å²) in [5, 5.41) is 10.1. The Morgan fingerprint density at radius 1 is 1.07 bits per heavy atom. The summed E-state index contributed by atoms with van der Waals surface area (Å²) in [6.07, 6.45) is 9.92. The van der Waals surface area contributed by atoms with Crippen LogP contribution in [0.1, 0.15) is 12.0 Å². The number of rotatable bonds is 1.